The van der Waals surface area contributed by atoms with Crippen molar-refractivity contribution in [2.24, 2.45) is 0 Å². The van der Waals surface area contributed by atoms with Gasteiger partial charge in [0.05, 0.1) is 0 Å². The highest BCUT2D eigenvalue weighted by molar-refractivity contribution is 6.29. The molecular weight excluding hydrogens is 264 g/mol. The van der Waals surface area contributed by atoms with Gasteiger partial charge in [0.15, 0.2) is 5.82 Å². The predicted octanol–water partition coefficient (Wildman–Crippen LogP) is 2.67. The fourth-order valence-electron chi connectivity index (χ4n) is 1.51. The van der Waals surface area contributed by atoms with Crippen LogP contribution >= 0.6 is 11.6 Å². The zero-order valence-corrected chi connectivity index (χ0v) is 11.4. The highest BCUT2D eigenvalue weighted by atomic mass is 35.5. The van der Waals surface area contributed by atoms with Crippen LogP contribution in [0.5, 0.6) is 0 Å². The topological polar surface area (TPSA) is 59.9 Å². The Morgan fingerprint density at radius 3 is 3.00 bits per heavy atom. The van der Waals surface area contributed by atoms with E-state index in [-0.39, 0.29) is 0 Å². The molecule has 0 aliphatic heterocycles. The fraction of sp³-hybridized carbons (Fsp3) is 0.308. The Kier molecular flexibility index (Phi) is 5.06. The van der Waals surface area contributed by atoms with E-state index in [2.05, 4.69) is 20.3 Å². The normalized spacial score (nSPS) is 10.4. The van der Waals surface area contributed by atoms with Gasteiger partial charge >= 0.3 is 0 Å². The fourth-order valence-corrected chi connectivity index (χ4v) is 1.71. The number of nitrogens with one attached hydrogen (secondary N) is 1. The first-order chi connectivity index (χ1) is 9.28. The van der Waals surface area contributed by atoms with E-state index in [1.807, 2.05) is 19.1 Å². The Morgan fingerprint density at radius 2 is 2.26 bits per heavy atom. The summed E-state index contributed by atoms with van der Waals surface area (Å²) < 4.78 is 5.27. The first kappa shape index (κ1) is 13.7. The molecule has 0 saturated carbocycles. The lowest BCUT2D eigenvalue weighted by Gasteiger charge is -2.08. The molecule has 0 atom stereocenters. The average molecular weight is 279 g/mol. The third-order valence-corrected chi connectivity index (χ3v) is 2.57. The lowest BCUT2D eigenvalue weighted by molar-refractivity contribution is 0.128. The molecule has 2 rings (SSSR count). The Hall–Kier alpha value is -1.72. The predicted molar refractivity (Wildman–Crippen MR) is 73.9 cm³/mol. The molecule has 2 aromatic rings. The van der Waals surface area contributed by atoms with Crippen molar-refractivity contribution in [1.29, 1.82) is 0 Å². The summed E-state index contributed by atoms with van der Waals surface area (Å²) in [5.41, 5.74) is 1.07. The van der Waals surface area contributed by atoms with Crippen LogP contribution in [0.1, 0.15) is 18.3 Å². The second-order valence-corrected chi connectivity index (χ2v) is 4.23. The third kappa shape index (κ3) is 4.46. The van der Waals surface area contributed by atoms with Gasteiger partial charge in [0.2, 0.25) is 0 Å². The maximum absolute atomic E-state index is 5.95. The van der Waals surface area contributed by atoms with Crippen LogP contribution in [0.25, 0.3) is 0 Å². The smallest absolute Gasteiger partial charge is 0.158 e. The van der Waals surface area contributed by atoms with Crippen LogP contribution in [0.2, 0.25) is 5.15 Å². The van der Waals surface area contributed by atoms with Crippen molar-refractivity contribution in [3.8, 4) is 0 Å². The lowest BCUT2D eigenvalue weighted by Crippen LogP contribution is -2.06. The number of anilines is 1. The first-order valence-corrected chi connectivity index (χ1v) is 6.39. The molecule has 0 saturated heterocycles. The second-order valence-electron chi connectivity index (χ2n) is 3.84. The second kappa shape index (κ2) is 7.01. The Balaban J connectivity index is 2.01. The van der Waals surface area contributed by atoms with Crippen molar-refractivity contribution in [3.63, 3.8) is 0 Å². The maximum atomic E-state index is 5.95. The summed E-state index contributed by atoms with van der Waals surface area (Å²) in [7, 11) is 0. The number of halogens is 1. The number of hydrogen-bond donors (Lipinski definition) is 1. The van der Waals surface area contributed by atoms with Crippen molar-refractivity contribution in [2.45, 2.75) is 20.1 Å². The van der Waals surface area contributed by atoms with E-state index in [1.165, 1.54) is 0 Å². The minimum atomic E-state index is 0.360. The standard InChI is InChI=1S/C13H15ClN4O/c1-2-19-9-13-17-11(14)6-12(18-13)16-8-10-4-3-5-15-7-10/h3-7H,2,8-9H2,1H3,(H,16,17,18). The largest absolute Gasteiger partial charge is 0.374 e. The molecule has 0 aliphatic rings. The van der Waals surface area contributed by atoms with Gasteiger partial charge in [-0.05, 0) is 18.6 Å². The molecule has 0 amide bonds. The monoisotopic (exact) mass is 278 g/mol. The van der Waals surface area contributed by atoms with Crippen LogP contribution in [0.3, 0.4) is 0 Å². The van der Waals surface area contributed by atoms with Gasteiger partial charge in [-0.3, -0.25) is 4.98 Å². The molecule has 2 aromatic heterocycles. The molecule has 6 heteroatoms. The number of hydrogen-bond acceptors (Lipinski definition) is 5. The molecular formula is C13H15ClN4O. The van der Waals surface area contributed by atoms with E-state index in [0.717, 1.165) is 5.56 Å². The molecule has 19 heavy (non-hydrogen) atoms. The Labute approximate surface area is 117 Å². The van der Waals surface area contributed by atoms with Gasteiger partial charge < -0.3 is 10.1 Å². The first-order valence-electron chi connectivity index (χ1n) is 6.02. The average Bonchev–Trinajstić information content (AvgIpc) is 2.43. The van der Waals surface area contributed by atoms with Crippen molar-refractivity contribution in [1.82, 2.24) is 15.0 Å². The molecule has 1 N–H and O–H groups in total. The molecule has 0 aliphatic carbocycles. The molecule has 0 unspecified atom stereocenters. The molecule has 2 heterocycles. The summed E-state index contributed by atoms with van der Waals surface area (Å²) in [4.78, 5) is 12.5. The number of nitrogens with zero attached hydrogens (tertiary/aromatic N) is 3. The Bertz CT molecular complexity index is 521. The van der Waals surface area contributed by atoms with E-state index in [4.69, 9.17) is 16.3 Å². The summed E-state index contributed by atoms with van der Waals surface area (Å²) >= 11 is 5.95. The quantitative estimate of drug-likeness (QED) is 0.823. The lowest BCUT2D eigenvalue weighted by atomic mass is 10.3. The van der Waals surface area contributed by atoms with Crippen molar-refractivity contribution < 1.29 is 4.74 Å². The van der Waals surface area contributed by atoms with Gasteiger partial charge in [-0.2, -0.15) is 0 Å². The molecule has 0 aromatic carbocycles. The van der Waals surface area contributed by atoms with Gasteiger partial charge in [0.25, 0.3) is 0 Å². The maximum Gasteiger partial charge on any atom is 0.158 e. The van der Waals surface area contributed by atoms with E-state index in [9.17, 15) is 0 Å². The summed E-state index contributed by atoms with van der Waals surface area (Å²) in [5.74, 6) is 1.25. The summed E-state index contributed by atoms with van der Waals surface area (Å²) in [6.07, 6.45) is 3.54. The van der Waals surface area contributed by atoms with Gasteiger partial charge in [-0.25, -0.2) is 9.97 Å². The number of ether oxygens (including phenoxy) is 1. The van der Waals surface area contributed by atoms with Gasteiger partial charge in [-0.15, -0.1) is 0 Å². The van der Waals surface area contributed by atoms with Crippen LogP contribution in [-0.4, -0.2) is 21.6 Å². The summed E-state index contributed by atoms with van der Waals surface area (Å²) in [6, 6.07) is 5.57. The molecule has 0 radical (unpaired) electrons. The zero-order chi connectivity index (χ0) is 13.5. The van der Waals surface area contributed by atoms with Crippen molar-refractivity contribution in [3.05, 3.63) is 47.1 Å². The zero-order valence-electron chi connectivity index (χ0n) is 10.6. The molecule has 0 bridgehead atoms. The van der Waals surface area contributed by atoms with Crippen molar-refractivity contribution in [2.75, 3.05) is 11.9 Å². The van der Waals surface area contributed by atoms with E-state index in [1.54, 1.807) is 18.5 Å². The SMILES string of the molecule is CCOCc1nc(Cl)cc(NCc2cccnc2)n1. The molecule has 100 valence electrons. The van der Waals surface area contributed by atoms with E-state index < -0.39 is 0 Å². The minimum absolute atomic E-state index is 0.360. The van der Waals surface area contributed by atoms with Crippen LogP contribution in [0.15, 0.2) is 30.6 Å². The molecule has 0 spiro atoms. The van der Waals surface area contributed by atoms with Crippen LogP contribution in [0.4, 0.5) is 5.82 Å². The highest BCUT2D eigenvalue weighted by Crippen LogP contribution is 2.13. The van der Waals surface area contributed by atoms with Gasteiger partial charge in [-0.1, -0.05) is 17.7 Å². The van der Waals surface area contributed by atoms with Crippen molar-refractivity contribution >= 4 is 17.4 Å². The van der Waals surface area contributed by atoms with Crippen LogP contribution in [-0.2, 0) is 17.9 Å². The van der Waals surface area contributed by atoms with Crippen LogP contribution in [0, 0.1) is 0 Å². The summed E-state index contributed by atoms with van der Waals surface area (Å²) in [5, 5.41) is 3.59. The van der Waals surface area contributed by atoms with E-state index >= 15 is 0 Å². The third-order valence-electron chi connectivity index (χ3n) is 2.37. The van der Waals surface area contributed by atoms with E-state index in [0.29, 0.717) is 36.6 Å². The van der Waals surface area contributed by atoms with Gasteiger partial charge in [0, 0.05) is 31.6 Å². The minimum Gasteiger partial charge on any atom is -0.374 e. The van der Waals surface area contributed by atoms with Gasteiger partial charge in [0.1, 0.15) is 17.6 Å². The summed E-state index contributed by atoms with van der Waals surface area (Å²) in [6.45, 7) is 3.54. The molecule has 0 fully saturated rings. The number of rotatable bonds is 6. The number of aromatic nitrogens is 3. The van der Waals surface area contributed by atoms with Crippen LogP contribution < -0.4 is 5.32 Å². The highest BCUT2D eigenvalue weighted by Gasteiger charge is 2.03. The Morgan fingerprint density at radius 1 is 1.37 bits per heavy atom. The number of pyridine rings is 1. The molecule has 5 nitrogen and oxygen atoms in total.